The summed E-state index contributed by atoms with van der Waals surface area (Å²) >= 11 is 1.67. The molecule has 1 aromatic carbocycles. The van der Waals surface area contributed by atoms with Crippen LogP contribution < -0.4 is 10.6 Å². The van der Waals surface area contributed by atoms with Gasteiger partial charge in [0.25, 0.3) is 0 Å². The Labute approximate surface area is 173 Å². The van der Waals surface area contributed by atoms with E-state index in [-0.39, 0.29) is 5.91 Å². The molecule has 6 nitrogen and oxygen atoms in total. The van der Waals surface area contributed by atoms with Crippen molar-refractivity contribution in [1.82, 2.24) is 15.3 Å². The second-order valence-electron chi connectivity index (χ2n) is 6.69. The predicted molar refractivity (Wildman–Crippen MR) is 116 cm³/mol. The van der Waals surface area contributed by atoms with Crippen molar-refractivity contribution in [3.63, 3.8) is 0 Å². The number of hydrogen-bond acceptors (Lipinski definition) is 6. The maximum absolute atomic E-state index is 12.0. The molecule has 0 atom stereocenters. The highest BCUT2D eigenvalue weighted by molar-refractivity contribution is 7.19. The summed E-state index contributed by atoms with van der Waals surface area (Å²) in [5, 5.41) is 7.30. The predicted octanol–water partition coefficient (Wildman–Crippen LogP) is 4.77. The third kappa shape index (κ3) is 4.46. The Morgan fingerprint density at radius 2 is 2.00 bits per heavy atom. The van der Waals surface area contributed by atoms with Crippen LogP contribution in [0.3, 0.4) is 0 Å². The van der Waals surface area contributed by atoms with Crippen molar-refractivity contribution in [2.45, 2.75) is 26.3 Å². The highest BCUT2D eigenvalue weighted by atomic mass is 32.1. The molecule has 0 aliphatic carbocycles. The van der Waals surface area contributed by atoms with Gasteiger partial charge in [-0.05, 0) is 31.0 Å². The fourth-order valence-electron chi connectivity index (χ4n) is 3.27. The summed E-state index contributed by atoms with van der Waals surface area (Å²) in [5.41, 5.74) is 2.33. The van der Waals surface area contributed by atoms with E-state index in [0.717, 1.165) is 27.4 Å². The monoisotopic (exact) mass is 406 g/mol. The number of hydrogen-bond donors (Lipinski definition) is 2. The SMILES string of the molecule is Cc1sc2ncnc(NCCCC(=O)NCc3ccco3)c2c1-c1ccccc1. The highest BCUT2D eigenvalue weighted by Crippen LogP contribution is 2.40. The van der Waals surface area contributed by atoms with Crippen LogP contribution in [0.15, 0.2) is 59.5 Å². The molecule has 0 saturated heterocycles. The summed E-state index contributed by atoms with van der Waals surface area (Å²) in [6.07, 6.45) is 4.34. The fraction of sp³-hybridized carbons (Fsp3) is 0.227. The van der Waals surface area contributed by atoms with E-state index in [2.05, 4.69) is 39.7 Å². The van der Waals surface area contributed by atoms with E-state index in [1.165, 1.54) is 10.4 Å². The zero-order chi connectivity index (χ0) is 20.1. The number of nitrogens with one attached hydrogen (secondary N) is 2. The van der Waals surface area contributed by atoms with Gasteiger partial charge in [0, 0.05) is 23.4 Å². The molecule has 0 radical (unpaired) electrons. The number of nitrogens with zero attached hydrogens (tertiary/aromatic N) is 2. The zero-order valence-corrected chi connectivity index (χ0v) is 17.0. The lowest BCUT2D eigenvalue weighted by atomic mass is 10.0. The van der Waals surface area contributed by atoms with Crippen molar-refractivity contribution in [2.24, 2.45) is 0 Å². The first-order chi connectivity index (χ1) is 14.2. The molecule has 2 N–H and O–H groups in total. The molecule has 1 amide bonds. The number of rotatable bonds is 8. The zero-order valence-electron chi connectivity index (χ0n) is 16.1. The number of fused-ring (bicyclic) bond motifs is 1. The number of thiophene rings is 1. The molecule has 3 heterocycles. The smallest absolute Gasteiger partial charge is 0.220 e. The standard InChI is InChI=1S/C22H22N4O2S/c1-15-19(16-7-3-2-4-8-16)20-21(25-14-26-22(20)29-15)23-11-5-10-18(27)24-13-17-9-6-12-28-17/h2-4,6-9,12,14H,5,10-11,13H2,1H3,(H,24,27)(H,23,25,26). The topological polar surface area (TPSA) is 80.0 Å². The Bertz CT molecular complexity index is 1090. The third-order valence-corrected chi connectivity index (χ3v) is 5.65. The summed E-state index contributed by atoms with van der Waals surface area (Å²) in [7, 11) is 0. The molecule has 0 aliphatic rings. The second-order valence-corrected chi connectivity index (χ2v) is 7.89. The molecule has 0 spiro atoms. The highest BCUT2D eigenvalue weighted by Gasteiger charge is 2.16. The Hall–Kier alpha value is -3.19. The number of anilines is 1. The Morgan fingerprint density at radius 1 is 1.14 bits per heavy atom. The molecule has 0 unspecified atom stereocenters. The van der Waals surface area contributed by atoms with Crippen LogP contribution in [0, 0.1) is 6.92 Å². The minimum Gasteiger partial charge on any atom is -0.467 e. The molecule has 4 rings (SSSR count). The molecule has 0 aliphatic heterocycles. The first-order valence-corrected chi connectivity index (χ1v) is 10.4. The largest absolute Gasteiger partial charge is 0.467 e. The average Bonchev–Trinajstić information content (AvgIpc) is 3.37. The molecule has 0 saturated carbocycles. The van der Waals surface area contributed by atoms with E-state index in [9.17, 15) is 4.79 Å². The average molecular weight is 407 g/mol. The van der Waals surface area contributed by atoms with Crippen molar-refractivity contribution in [2.75, 3.05) is 11.9 Å². The maximum atomic E-state index is 12.0. The summed E-state index contributed by atoms with van der Waals surface area (Å²) in [4.78, 5) is 23.1. The number of carbonyl (C=O) groups excluding carboxylic acids is 1. The first-order valence-electron chi connectivity index (χ1n) is 9.55. The minimum atomic E-state index is 0.00684. The second kappa shape index (κ2) is 8.87. The van der Waals surface area contributed by atoms with Gasteiger partial charge < -0.3 is 15.1 Å². The number of furan rings is 1. The van der Waals surface area contributed by atoms with E-state index in [1.807, 2.05) is 30.3 Å². The van der Waals surface area contributed by atoms with Gasteiger partial charge in [-0.3, -0.25) is 4.79 Å². The van der Waals surface area contributed by atoms with Gasteiger partial charge in [-0.25, -0.2) is 9.97 Å². The van der Waals surface area contributed by atoms with Crippen molar-refractivity contribution >= 4 is 33.3 Å². The van der Waals surface area contributed by atoms with Gasteiger partial charge in [-0.1, -0.05) is 30.3 Å². The molecule has 7 heteroatoms. The first kappa shape index (κ1) is 19.1. The van der Waals surface area contributed by atoms with Gasteiger partial charge >= 0.3 is 0 Å². The van der Waals surface area contributed by atoms with Crippen LogP contribution >= 0.6 is 11.3 Å². The quantitative estimate of drug-likeness (QED) is 0.412. The lowest BCUT2D eigenvalue weighted by molar-refractivity contribution is -0.121. The Balaban J connectivity index is 1.40. The van der Waals surface area contributed by atoms with Crippen LogP contribution in [0.4, 0.5) is 5.82 Å². The number of aromatic nitrogens is 2. The normalized spacial score (nSPS) is 10.9. The van der Waals surface area contributed by atoms with Crippen molar-refractivity contribution in [1.29, 1.82) is 0 Å². The minimum absolute atomic E-state index is 0.00684. The van der Waals surface area contributed by atoms with E-state index in [0.29, 0.717) is 25.9 Å². The van der Waals surface area contributed by atoms with Crippen LogP contribution in [0.1, 0.15) is 23.5 Å². The Kier molecular flexibility index (Phi) is 5.86. The van der Waals surface area contributed by atoms with Crippen LogP contribution in [0.2, 0.25) is 0 Å². The van der Waals surface area contributed by atoms with Crippen molar-refractivity contribution in [3.05, 3.63) is 65.7 Å². The van der Waals surface area contributed by atoms with Crippen LogP contribution in [0.25, 0.3) is 21.3 Å². The van der Waals surface area contributed by atoms with Gasteiger partial charge in [-0.2, -0.15) is 0 Å². The number of carbonyl (C=O) groups is 1. The summed E-state index contributed by atoms with van der Waals surface area (Å²) in [6, 6.07) is 14.0. The lowest BCUT2D eigenvalue weighted by Crippen LogP contribution is -2.22. The Morgan fingerprint density at radius 3 is 2.79 bits per heavy atom. The van der Waals surface area contributed by atoms with Crippen molar-refractivity contribution < 1.29 is 9.21 Å². The number of amides is 1. The molecular formula is C22H22N4O2S. The van der Waals surface area contributed by atoms with E-state index < -0.39 is 0 Å². The molecule has 4 aromatic rings. The summed E-state index contributed by atoms with van der Waals surface area (Å²) in [6.45, 7) is 3.19. The van der Waals surface area contributed by atoms with Crippen LogP contribution in [-0.4, -0.2) is 22.4 Å². The number of benzene rings is 1. The van der Waals surface area contributed by atoms with Gasteiger partial charge in [0.2, 0.25) is 5.91 Å². The molecule has 3 aromatic heterocycles. The summed E-state index contributed by atoms with van der Waals surface area (Å²) in [5.74, 6) is 1.57. The van der Waals surface area contributed by atoms with Gasteiger partial charge in [0.15, 0.2) is 0 Å². The molecule has 29 heavy (non-hydrogen) atoms. The molecule has 0 fully saturated rings. The van der Waals surface area contributed by atoms with Gasteiger partial charge in [-0.15, -0.1) is 11.3 Å². The maximum Gasteiger partial charge on any atom is 0.220 e. The van der Waals surface area contributed by atoms with Crippen molar-refractivity contribution in [3.8, 4) is 11.1 Å². The molecule has 0 bridgehead atoms. The van der Waals surface area contributed by atoms with Gasteiger partial charge in [0.1, 0.15) is 22.7 Å². The number of aryl methyl sites for hydroxylation is 1. The lowest BCUT2D eigenvalue weighted by Gasteiger charge is -2.09. The summed E-state index contributed by atoms with van der Waals surface area (Å²) < 4.78 is 5.22. The molecule has 148 valence electrons. The van der Waals surface area contributed by atoms with Gasteiger partial charge in [0.05, 0.1) is 18.2 Å². The van der Waals surface area contributed by atoms with Crippen LogP contribution in [0.5, 0.6) is 0 Å². The molecular weight excluding hydrogens is 384 g/mol. The fourth-order valence-corrected chi connectivity index (χ4v) is 4.29. The third-order valence-electron chi connectivity index (χ3n) is 4.64. The van der Waals surface area contributed by atoms with E-state index in [4.69, 9.17) is 4.42 Å². The van der Waals surface area contributed by atoms with E-state index in [1.54, 1.807) is 23.9 Å². The van der Waals surface area contributed by atoms with Crippen LogP contribution in [-0.2, 0) is 11.3 Å². The van der Waals surface area contributed by atoms with E-state index >= 15 is 0 Å².